The summed E-state index contributed by atoms with van der Waals surface area (Å²) >= 11 is 6.00. The van der Waals surface area contributed by atoms with Gasteiger partial charge in [0.25, 0.3) is 10.0 Å². The monoisotopic (exact) mass is 318 g/mol. The van der Waals surface area contributed by atoms with Crippen molar-refractivity contribution in [3.8, 4) is 0 Å². The highest BCUT2D eigenvalue weighted by Crippen LogP contribution is 2.20. The first kappa shape index (κ1) is 15.7. The molecule has 0 aromatic heterocycles. The molecule has 1 aliphatic rings. The number of sulfonamides is 1. The Morgan fingerprint density at radius 1 is 1.30 bits per heavy atom. The van der Waals surface area contributed by atoms with E-state index in [9.17, 15) is 8.42 Å². The quantitative estimate of drug-likeness (QED) is 0.831. The number of hydrazine groups is 1. The second kappa shape index (κ2) is 6.38. The van der Waals surface area contributed by atoms with Gasteiger partial charge in [-0.25, -0.2) is 13.4 Å². The van der Waals surface area contributed by atoms with E-state index in [4.69, 9.17) is 17.3 Å². The van der Waals surface area contributed by atoms with Crippen molar-refractivity contribution >= 4 is 21.6 Å². The first-order valence-corrected chi connectivity index (χ1v) is 8.23. The van der Waals surface area contributed by atoms with E-state index in [0.717, 1.165) is 18.7 Å². The van der Waals surface area contributed by atoms with Gasteiger partial charge in [-0.2, -0.15) is 0 Å². The molecule has 1 saturated heterocycles. The first-order valence-electron chi connectivity index (χ1n) is 6.37. The minimum atomic E-state index is -3.59. The van der Waals surface area contributed by atoms with Gasteiger partial charge in [0.2, 0.25) is 0 Å². The molecule has 2 rings (SSSR count). The van der Waals surface area contributed by atoms with Gasteiger partial charge in [-0.1, -0.05) is 17.7 Å². The Hall–Kier alpha value is -0.700. The predicted molar refractivity (Wildman–Crippen MR) is 78.7 cm³/mol. The lowest BCUT2D eigenvalue weighted by atomic mass is 10.2. The molecule has 20 heavy (non-hydrogen) atoms. The summed E-state index contributed by atoms with van der Waals surface area (Å²) in [5.74, 6) is 0. The first-order chi connectivity index (χ1) is 9.42. The number of hydrogen-bond acceptors (Lipinski definition) is 5. The van der Waals surface area contributed by atoms with Crippen LogP contribution in [0.5, 0.6) is 0 Å². The van der Waals surface area contributed by atoms with Crippen LogP contribution in [0.1, 0.15) is 5.56 Å². The summed E-state index contributed by atoms with van der Waals surface area (Å²) in [6.07, 6.45) is 0. The molecule has 1 aromatic rings. The summed E-state index contributed by atoms with van der Waals surface area (Å²) in [5, 5.41) is 2.08. The molecular weight excluding hydrogens is 300 g/mol. The number of nitrogens with zero attached hydrogens (tertiary/aromatic N) is 2. The Balaban J connectivity index is 2.12. The number of nitrogens with two attached hydrogens (primary N) is 1. The second-order valence-corrected chi connectivity index (χ2v) is 6.91. The fourth-order valence-electron chi connectivity index (χ4n) is 1.98. The largest absolute Gasteiger partial charge is 0.326 e. The summed E-state index contributed by atoms with van der Waals surface area (Å²) in [4.78, 5) is 4.89. The van der Waals surface area contributed by atoms with Gasteiger partial charge in [-0.15, -0.1) is 4.83 Å². The van der Waals surface area contributed by atoms with E-state index in [1.165, 1.54) is 12.1 Å². The number of benzene rings is 1. The number of halogens is 1. The highest BCUT2D eigenvalue weighted by molar-refractivity contribution is 7.89. The Kier molecular flexibility index (Phi) is 5.00. The van der Waals surface area contributed by atoms with E-state index in [2.05, 4.69) is 9.73 Å². The minimum Gasteiger partial charge on any atom is -0.326 e. The van der Waals surface area contributed by atoms with Crippen molar-refractivity contribution in [1.29, 1.82) is 0 Å². The highest BCUT2D eigenvalue weighted by Gasteiger charge is 2.21. The van der Waals surface area contributed by atoms with Gasteiger partial charge in [0.05, 0.1) is 4.90 Å². The molecular formula is C12H19ClN4O2S. The normalized spacial score (nSPS) is 18.4. The molecule has 0 atom stereocenters. The van der Waals surface area contributed by atoms with Gasteiger partial charge in [0, 0.05) is 37.7 Å². The van der Waals surface area contributed by atoms with Crippen molar-refractivity contribution in [3.63, 3.8) is 0 Å². The van der Waals surface area contributed by atoms with E-state index >= 15 is 0 Å². The zero-order chi connectivity index (χ0) is 14.8. The molecule has 0 aliphatic carbocycles. The molecule has 0 bridgehead atoms. The number of hydrogen-bond donors (Lipinski definition) is 2. The summed E-state index contributed by atoms with van der Waals surface area (Å²) < 4.78 is 24.6. The van der Waals surface area contributed by atoms with Gasteiger partial charge in [0.15, 0.2) is 0 Å². The number of piperazine rings is 1. The Morgan fingerprint density at radius 2 is 1.95 bits per heavy atom. The van der Waals surface area contributed by atoms with E-state index in [0.29, 0.717) is 18.1 Å². The highest BCUT2D eigenvalue weighted by atomic mass is 35.5. The van der Waals surface area contributed by atoms with Crippen LogP contribution in [0.15, 0.2) is 23.1 Å². The lowest BCUT2D eigenvalue weighted by Crippen LogP contribution is -2.52. The smallest absolute Gasteiger partial charge is 0.253 e. The molecule has 1 aromatic carbocycles. The molecule has 0 spiro atoms. The topological polar surface area (TPSA) is 78.7 Å². The SMILES string of the molecule is CN1CCN(NS(=O)(=O)c2ccc(CN)c(Cl)c2)CC1. The maximum Gasteiger partial charge on any atom is 0.253 e. The molecule has 0 saturated carbocycles. The fourth-order valence-corrected chi connectivity index (χ4v) is 3.45. The Labute approximate surface area is 124 Å². The van der Waals surface area contributed by atoms with Gasteiger partial charge < -0.3 is 10.6 Å². The summed E-state index contributed by atoms with van der Waals surface area (Å²) in [6.45, 7) is 3.25. The third-order valence-electron chi connectivity index (χ3n) is 3.31. The predicted octanol–water partition coefficient (Wildman–Crippen LogP) is 0.239. The molecule has 0 radical (unpaired) electrons. The third-order valence-corrected chi connectivity index (χ3v) is 5.03. The van der Waals surface area contributed by atoms with E-state index in [-0.39, 0.29) is 11.4 Å². The van der Waals surface area contributed by atoms with Crippen LogP contribution in [0, 0.1) is 0 Å². The standard InChI is InChI=1S/C12H19ClN4O2S/c1-16-4-6-17(7-5-16)15-20(18,19)11-3-2-10(9-14)12(13)8-11/h2-3,8,15H,4-7,9,14H2,1H3. The number of rotatable bonds is 4. The van der Waals surface area contributed by atoms with Gasteiger partial charge in [0.1, 0.15) is 0 Å². The van der Waals surface area contributed by atoms with Gasteiger partial charge in [-0.05, 0) is 24.7 Å². The molecule has 1 fully saturated rings. The molecule has 1 aliphatic heterocycles. The number of nitrogens with one attached hydrogen (secondary N) is 1. The molecule has 8 heteroatoms. The Bertz CT molecular complexity index is 571. The third kappa shape index (κ3) is 3.69. The van der Waals surface area contributed by atoms with Crippen LogP contribution in [0.4, 0.5) is 0 Å². The average Bonchev–Trinajstić information content (AvgIpc) is 2.41. The average molecular weight is 319 g/mol. The van der Waals surface area contributed by atoms with Gasteiger partial charge in [-0.3, -0.25) is 0 Å². The molecule has 0 amide bonds. The summed E-state index contributed by atoms with van der Waals surface area (Å²) in [5.41, 5.74) is 6.24. The molecule has 6 nitrogen and oxygen atoms in total. The molecule has 112 valence electrons. The van der Waals surface area contributed by atoms with Crippen LogP contribution < -0.4 is 10.6 Å². The number of likely N-dealkylation sites (N-methyl/N-ethyl adjacent to an activating group) is 1. The molecule has 0 unspecified atom stereocenters. The zero-order valence-corrected chi connectivity index (χ0v) is 12.9. The van der Waals surface area contributed by atoms with Crippen molar-refractivity contribution in [3.05, 3.63) is 28.8 Å². The van der Waals surface area contributed by atoms with Crippen molar-refractivity contribution in [2.24, 2.45) is 5.73 Å². The van der Waals surface area contributed by atoms with Crippen molar-refractivity contribution in [2.75, 3.05) is 33.2 Å². The van der Waals surface area contributed by atoms with E-state index in [1.54, 1.807) is 11.1 Å². The fraction of sp³-hybridized carbons (Fsp3) is 0.500. The van der Waals surface area contributed by atoms with Crippen LogP contribution in [0.25, 0.3) is 0 Å². The van der Waals surface area contributed by atoms with Crippen molar-refractivity contribution < 1.29 is 8.42 Å². The molecule has 3 N–H and O–H groups in total. The van der Waals surface area contributed by atoms with E-state index < -0.39 is 10.0 Å². The summed E-state index contributed by atoms with van der Waals surface area (Å²) in [6, 6.07) is 4.59. The lowest BCUT2D eigenvalue weighted by Gasteiger charge is -2.32. The van der Waals surface area contributed by atoms with Crippen LogP contribution in [-0.2, 0) is 16.6 Å². The van der Waals surface area contributed by atoms with Crippen molar-refractivity contribution in [1.82, 2.24) is 14.7 Å². The van der Waals surface area contributed by atoms with E-state index in [1.807, 2.05) is 7.05 Å². The second-order valence-electron chi connectivity index (χ2n) is 4.84. The summed E-state index contributed by atoms with van der Waals surface area (Å²) in [7, 11) is -1.58. The maximum atomic E-state index is 12.3. The van der Waals surface area contributed by atoms with Crippen LogP contribution in [-0.4, -0.2) is 51.6 Å². The maximum absolute atomic E-state index is 12.3. The Morgan fingerprint density at radius 3 is 2.50 bits per heavy atom. The zero-order valence-electron chi connectivity index (χ0n) is 11.3. The van der Waals surface area contributed by atoms with Crippen LogP contribution >= 0.6 is 11.6 Å². The lowest BCUT2D eigenvalue weighted by molar-refractivity contribution is 0.135. The van der Waals surface area contributed by atoms with Crippen molar-refractivity contribution in [2.45, 2.75) is 11.4 Å². The molecule has 1 heterocycles. The minimum absolute atomic E-state index is 0.152. The van der Waals surface area contributed by atoms with Gasteiger partial charge >= 0.3 is 0 Å². The van der Waals surface area contributed by atoms with Crippen LogP contribution in [0.3, 0.4) is 0 Å². The van der Waals surface area contributed by atoms with Crippen LogP contribution in [0.2, 0.25) is 5.02 Å².